The van der Waals surface area contributed by atoms with Crippen LogP contribution in [0, 0.1) is 0 Å². The Balaban J connectivity index is 1.90. The third kappa shape index (κ3) is 1.76. The second kappa shape index (κ2) is 4.08. The van der Waals surface area contributed by atoms with E-state index in [0.29, 0.717) is 18.2 Å². The van der Waals surface area contributed by atoms with Crippen molar-refractivity contribution >= 4 is 22.8 Å². The summed E-state index contributed by atoms with van der Waals surface area (Å²) in [5.41, 5.74) is -0.120. The smallest absolute Gasteiger partial charge is 0.329 e. The molecule has 0 spiro atoms. The number of carboxylic acid groups (broad SMARTS) is 1. The Morgan fingerprint density at radius 3 is 2.68 bits per heavy atom. The van der Waals surface area contributed by atoms with Crippen LogP contribution in [0.15, 0.2) is 24.3 Å². The van der Waals surface area contributed by atoms with Crippen LogP contribution in [0.3, 0.4) is 0 Å². The zero-order valence-corrected chi connectivity index (χ0v) is 10.1. The summed E-state index contributed by atoms with van der Waals surface area (Å²) in [5.74, 6) is -1.42. The van der Waals surface area contributed by atoms with E-state index < -0.39 is 17.4 Å². The van der Waals surface area contributed by atoms with Gasteiger partial charge in [-0.3, -0.25) is 9.89 Å². The van der Waals surface area contributed by atoms with E-state index in [1.54, 1.807) is 6.07 Å². The fraction of sp³-hybridized carbons (Fsp3) is 0.308. The number of fused-ring (bicyclic) bond motifs is 1. The number of amides is 1. The summed E-state index contributed by atoms with van der Waals surface area (Å²) in [5, 5.41) is 19.2. The topological polar surface area (TPSA) is 95.1 Å². The average Bonchev–Trinajstić information content (AvgIpc) is 2.77. The Hall–Kier alpha value is -2.37. The molecule has 3 N–H and O–H groups in total. The molecule has 3 rings (SSSR count). The molecule has 1 aromatic carbocycles. The Morgan fingerprint density at radius 2 is 2.05 bits per heavy atom. The predicted molar refractivity (Wildman–Crippen MR) is 67.8 cm³/mol. The number of H-pyrrole nitrogens is 1. The van der Waals surface area contributed by atoms with Gasteiger partial charge in [0.2, 0.25) is 0 Å². The lowest BCUT2D eigenvalue weighted by Gasteiger charge is -2.37. The fourth-order valence-electron chi connectivity index (χ4n) is 2.34. The van der Waals surface area contributed by atoms with Crippen LogP contribution in [0.2, 0.25) is 0 Å². The number of para-hydroxylation sites is 1. The van der Waals surface area contributed by atoms with Crippen LogP contribution in [0.25, 0.3) is 10.9 Å². The number of rotatable bonds is 3. The molecule has 98 valence electrons. The van der Waals surface area contributed by atoms with Crippen LogP contribution in [0.1, 0.15) is 29.8 Å². The number of carboxylic acids is 1. The van der Waals surface area contributed by atoms with Crippen molar-refractivity contribution in [1.82, 2.24) is 15.5 Å². The van der Waals surface area contributed by atoms with Crippen molar-refractivity contribution in [3.05, 3.63) is 30.0 Å². The quantitative estimate of drug-likeness (QED) is 0.774. The second-order valence-corrected chi connectivity index (χ2v) is 4.81. The molecule has 0 aliphatic heterocycles. The van der Waals surface area contributed by atoms with Gasteiger partial charge in [-0.2, -0.15) is 5.10 Å². The summed E-state index contributed by atoms with van der Waals surface area (Å²) in [4.78, 5) is 23.4. The molecule has 0 saturated heterocycles. The molecule has 1 fully saturated rings. The number of hydrogen-bond donors (Lipinski definition) is 3. The Morgan fingerprint density at radius 1 is 1.32 bits per heavy atom. The normalized spacial score (nSPS) is 16.8. The SMILES string of the molecule is O=C(NC1(C(=O)O)CCC1)c1n[nH]c2ccccc12. The fourth-order valence-corrected chi connectivity index (χ4v) is 2.34. The van der Waals surface area contributed by atoms with Gasteiger partial charge in [0.05, 0.1) is 5.52 Å². The van der Waals surface area contributed by atoms with E-state index in [9.17, 15) is 14.7 Å². The first-order valence-electron chi connectivity index (χ1n) is 6.11. The van der Waals surface area contributed by atoms with Gasteiger partial charge in [-0.25, -0.2) is 4.79 Å². The third-order valence-corrected chi connectivity index (χ3v) is 3.65. The van der Waals surface area contributed by atoms with Crippen LogP contribution in [-0.2, 0) is 4.79 Å². The van der Waals surface area contributed by atoms with Crippen LogP contribution in [-0.4, -0.2) is 32.7 Å². The molecule has 2 aromatic rings. The number of carbonyl (C=O) groups is 2. The minimum Gasteiger partial charge on any atom is -0.480 e. The highest BCUT2D eigenvalue weighted by atomic mass is 16.4. The average molecular weight is 259 g/mol. The minimum absolute atomic E-state index is 0.239. The Bertz CT molecular complexity index is 658. The molecule has 1 saturated carbocycles. The van der Waals surface area contributed by atoms with Gasteiger partial charge in [0.25, 0.3) is 5.91 Å². The molecule has 6 nitrogen and oxygen atoms in total. The van der Waals surface area contributed by atoms with Gasteiger partial charge < -0.3 is 10.4 Å². The van der Waals surface area contributed by atoms with Crippen LogP contribution in [0.4, 0.5) is 0 Å². The van der Waals surface area contributed by atoms with E-state index >= 15 is 0 Å². The standard InChI is InChI=1S/C13H13N3O3/c17-11(14-13(12(18)19)6-3-7-13)10-8-4-1-2-5-9(8)15-16-10/h1-2,4-5H,3,6-7H2,(H,14,17)(H,15,16)(H,18,19). The number of benzene rings is 1. The zero-order valence-electron chi connectivity index (χ0n) is 10.1. The maximum Gasteiger partial charge on any atom is 0.329 e. The van der Waals surface area contributed by atoms with Gasteiger partial charge in [0.1, 0.15) is 5.54 Å². The summed E-state index contributed by atoms with van der Waals surface area (Å²) in [6.07, 6.45) is 1.75. The zero-order chi connectivity index (χ0) is 13.5. The number of aliphatic carboxylic acids is 1. The molecule has 19 heavy (non-hydrogen) atoms. The first kappa shape index (κ1) is 11.7. The molecule has 0 bridgehead atoms. The van der Waals surface area contributed by atoms with Gasteiger partial charge in [-0.15, -0.1) is 0 Å². The van der Waals surface area contributed by atoms with Crippen molar-refractivity contribution in [2.75, 3.05) is 0 Å². The lowest BCUT2D eigenvalue weighted by molar-refractivity contribution is -0.148. The van der Waals surface area contributed by atoms with Crippen molar-refractivity contribution in [1.29, 1.82) is 0 Å². The van der Waals surface area contributed by atoms with E-state index in [1.165, 1.54) is 0 Å². The molecular formula is C13H13N3O3. The van der Waals surface area contributed by atoms with Gasteiger partial charge in [-0.05, 0) is 25.3 Å². The highest BCUT2D eigenvalue weighted by Gasteiger charge is 2.46. The Labute approximate surface area is 108 Å². The van der Waals surface area contributed by atoms with Gasteiger partial charge in [0, 0.05) is 5.39 Å². The number of hydrogen-bond acceptors (Lipinski definition) is 3. The number of aromatic amines is 1. The largest absolute Gasteiger partial charge is 0.480 e. The highest BCUT2D eigenvalue weighted by Crippen LogP contribution is 2.32. The Kier molecular flexibility index (Phi) is 2.51. The number of nitrogens with one attached hydrogen (secondary N) is 2. The van der Waals surface area contributed by atoms with Gasteiger partial charge in [0.15, 0.2) is 5.69 Å². The van der Waals surface area contributed by atoms with Crippen LogP contribution < -0.4 is 5.32 Å². The van der Waals surface area contributed by atoms with Crippen molar-refractivity contribution in [2.45, 2.75) is 24.8 Å². The molecule has 1 aliphatic carbocycles. The van der Waals surface area contributed by atoms with E-state index in [2.05, 4.69) is 15.5 Å². The molecular weight excluding hydrogens is 246 g/mol. The highest BCUT2D eigenvalue weighted by molar-refractivity contribution is 6.06. The molecule has 1 aromatic heterocycles. The third-order valence-electron chi connectivity index (χ3n) is 3.65. The van der Waals surface area contributed by atoms with Gasteiger partial charge in [-0.1, -0.05) is 18.2 Å². The first-order valence-corrected chi connectivity index (χ1v) is 6.11. The summed E-state index contributed by atoms with van der Waals surface area (Å²) >= 11 is 0. The minimum atomic E-state index is -1.11. The molecule has 1 heterocycles. The van der Waals surface area contributed by atoms with E-state index in [-0.39, 0.29) is 5.69 Å². The number of aromatic nitrogens is 2. The maximum absolute atomic E-state index is 12.2. The van der Waals surface area contributed by atoms with Crippen molar-refractivity contribution in [2.24, 2.45) is 0 Å². The predicted octanol–water partition coefficient (Wildman–Crippen LogP) is 1.30. The van der Waals surface area contributed by atoms with Crippen LogP contribution >= 0.6 is 0 Å². The lowest BCUT2D eigenvalue weighted by atomic mass is 9.76. The molecule has 0 radical (unpaired) electrons. The number of nitrogens with zero attached hydrogens (tertiary/aromatic N) is 1. The monoisotopic (exact) mass is 259 g/mol. The van der Waals surface area contributed by atoms with E-state index in [0.717, 1.165) is 11.9 Å². The van der Waals surface area contributed by atoms with Crippen molar-refractivity contribution in [3.63, 3.8) is 0 Å². The summed E-state index contributed by atoms with van der Waals surface area (Å²) < 4.78 is 0. The molecule has 1 aliphatic rings. The first-order chi connectivity index (χ1) is 9.12. The molecule has 1 amide bonds. The van der Waals surface area contributed by atoms with Crippen LogP contribution in [0.5, 0.6) is 0 Å². The van der Waals surface area contributed by atoms with Crippen molar-refractivity contribution < 1.29 is 14.7 Å². The lowest BCUT2D eigenvalue weighted by Crippen LogP contribution is -2.59. The number of carbonyl (C=O) groups excluding carboxylic acids is 1. The summed E-state index contributed by atoms with van der Waals surface area (Å²) in [7, 11) is 0. The molecule has 0 atom stereocenters. The molecule has 0 unspecified atom stereocenters. The summed E-state index contributed by atoms with van der Waals surface area (Å²) in [6.45, 7) is 0. The van der Waals surface area contributed by atoms with Crippen molar-refractivity contribution in [3.8, 4) is 0 Å². The summed E-state index contributed by atoms with van der Waals surface area (Å²) in [6, 6.07) is 7.25. The van der Waals surface area contributed by atoms with E-state index in [4.69, 9.17) is 0 Å². The van der Waals surface area contributed by atoms with Gasteiger partial charge >= 0.3 is 5.97 Å². The maximum atomic E-state index is 12.2. The second-order valence-electron chi connectivity index (χ2n) is 4.81. The van der Waals surface area contributed by atoms with E-state index in [1.807, 2.05) is 18.2 Å². The molecule has 6 heteroatoms.